The monoisotopic (exact) mass is 473 g/mol. The van der Waals surface area contributed by atoms with Gasteiger partial charge < -0.3 is 18.9 Å². The SMILES string of the molecule is C.COC(=O)C1(c2ccc(OC)c([N+](=O)[O-])c2)CC1.COC(=O)C1(c2ccc(OC)cc2)CC1. The zero-order chi connectivity index (χ0) is 24.2. The van der Waals surface area contributed by atoms with Crippen molar-refractivity contribution < 1.29 is 33.5 Å². The molecular weight excluding hydrogens is 442 g/mol. The van der Waals surface area contributed by atoms with Crippen LogP contribution in [0.5, 0.6) is 11.5 Å². The Labute approximate surface area is 199 Å². The molecule has 2 aliphatic carbocycles. The van der Waals surface area contributed by atoms with Crippen LogP contribution in [0.4, 0.5) is 5.69 Å². The highest BCUT2D eigenvalue weighted by Crippen LogP contribution is 2.51. The van der Waals surface area contributed by atoms with E-state index in [1.54, 1.807) is 13.2 Å². The van der Waals surface area contributed by atoms with E-state index in [1.165, 1.54) is 33.5 Å². The van der Waals surface area contributed by atoms with Gasteiger partial charge in [-0.15, -0.1) is 0 Å². The first kappa shape index (κ1) is 26.6. The van der Waals surface area contributed by atoms with Gasteiger partial charge in [-0.25, -0.2) is 0 Å². The third-order valence-electron chi connectivity index (χ3n) is 6.22. The Morgan fingerprint density at radius 3 is 1.65 bits per heavy atom. The number of nitro benzene ring substituents is 1. The van der Waals surface area contributed by atoms with Crippen molar-refractivity contribution >= 4 is 17.6 Å². The topological polar surface area (TPSA) is 114 Å². The van der Waals surface area contributed by atoms with Crippen LogP contribution in [-0.4, -0.2) is 45.3 Å². The first-order valence-electron chi connectivity index (χ1n) is 10.4. The lowest BCUT2D eigenvalue weighted by Crippen LogP contribution is -2.21. The molecule has 2 aromatic rings. The molecule has 2 fully saturated rings. The van der Waals surface area contributed by atoms with Crippen molar-refractivity contribution in [2.24, 2.45) is 0 Å². The lowest BCUT2D eigenvalue weighted by molar-refractivity contribution is -0.385. The molecule has 9 heteroatoms. The van der Waals surface area contributed by atoms with E-state index in [0.717, 1.165) is 24.2 Å². The molecule has 0 aromatic heterocycles. The van der Waals surface area contributed by atoms with Gasteiger partial charge in [0, 0.05) is 6.07 Å². The van der Waals surface area contributed by atoms with Gasteiger partial charge in [0.2, 0.25) is 0 Å². The van der Waals surface area contributed by atoms with Gasteiger partial charge in [-0.1, -0.05) is 25.6 Å². The average Bonchev–Trinajstić information content (AvgIpc) is 3.77. The van der Waals surface area contributed by atoms with Gasteiger partial charge in [0.15, 0.2) is 5.75 Å². The maximum Gasteiger partial charge on any atom is 0.316 e. The number of hydrogen-bond acceptors (Lipinski definition) is 8. The number of rotatable bonds is 7. The van der Waals surface area contributed by atoms with E-state index in [1.807, 2.05) is 24.3 Å². The Morgan fingerprint density at radius 1 is 0.794 bits per heavy atom. The minimum absolute atomic E-state index is 0. The van der Waals surface area contributed by atoms with Crippen molar-refractivity contribution in [2.45, 2.75) is 43.9 Å². The number of nitro groups is 1. The van der Waals surface area contributed by atoms with E-state index in [2.05, 4.69) is 0 Å². The first-order chi connectivity index (χ1) is 15.8. The van der Waals surface area contributed by atoms with Crippen LogP contribution in [-0.2, 0) is 29.9 Å². The van der Waals surface area contributed by atoms with Gasteiger partial charge in [0.1, 0.15) is 5.75 Å². The smallest absolute Gasteiger partial charge is 0.316 e. The number of carbonyl (C=O) groups excluding carboxylic acids is 2. The quantitative estimate of drug-likeness (QED) is 0.331. The van der Waals surface area contributed by atoms with E-state index in [0.29, 0.717) is 18.4 Å². The second kappa shape index (κ2) is 10.5. The maximum atomic E-state index is 11.7. The second-order valence-corrected chi connectivity index (χ2v) is 8.02. The molecule has 9 nitrogen and oxygen atoms in total. The van der Waals surface area contributed by atoms with Gasteiger partial charge >= 0.3 is 17.6 Å². The van der Waals surface area contributed by atoms with Crippen molar-refractivity contribution in [1.29, 1.82) is 0 Å². The van der Waals surface area contributed by atoms with Gasteiger partial charge in [-0.05, 0) is 55.0 Å². The van der Waals surface area contributed by atoms with Gasteiger partial charge in [0.05, 0.1) is 44.2 Å². The Morgan fingerprint density at radius 2 is 1.26 bits per heavy atom. The summed E-state index contributed by atoms with van der Waals surface area (Å²) in [5, 5.41) is 10.9. The normalized spacial score (nSPS) is 15.9. The fourth-order valence-corrected chi connectivity index (χ4v) is 3.90. The molecule has 4 rings (SSSR count). The minimum atomic E-state index is -0.703. The Hall–Kier alpha value is -3.62. The average molecular weight is 474 g/mol. The summed E-state index contributed by atoms with van der Waals surface area (Å²) in [5.41, 5.74) is 0.425. The number of ether oxygens (including phenoxy) is 4. The number of carbonyl (C=O) groups is 2. The summed E-state index contributed by atoms with van der Waals surface area (Å²) in [7, 11) is 5.75. The molecule has 0 atom stereocenters. The summed E-state index contributed by atoms with van der Waals surface area (Å²) in [6.45, 7) is 0. The summed E-state index contributed by atoms with van der Waals surface area (Å²) < 4.78 is 19.6. The lowest BCUT2D eigenvalue weighted by atomic mass is 9.95. The summed E-state index contributed by atoms with van der Waals surface area (Å²) in [6, 6.07) is 12.2. The van der Waals surface area contributed by atoms with Crippen molar-refractivity contribution in [3.8, 4) is 11.5 Å². The van der Waals surface area contributed by atoms with Crippen LogP contribution in [0.1, 0.15) is 44.2 Å². The molecule has 2 aliphatic rings. The van der Waals surface area contributed by atoms with E-state index in [4.69, 9.17) is 18.9 Å². The van der Waals surface area contributed by atoms with Gasteiger partial charge in [-0.2, -0.15) is 0 Å². The maximum absolute atomic E-state index is 11.7. The molecule has 0 radical (unpaired) electrons. The molecule has 0 N–H and O–H groups in total. The molecule has 0 spiro atoms. The number of methoxy groups -OCH3 is 4. The molecule has 0 amide bonds. The lowest BCUT2D eigenvalue weighted by Gasteiger charge is -2.13. The van der Waals surface area contributed by atoms with Crippen LogP contribution in [0, 0.1) is 10.1 Å². The molecular formula is C25H31NO8. The summed E-state index contributed by atoms with van der Waals surface area (Å²) in [4.78, 5) is 33.7. The van der Waals surface area contributed by atoms with Gasteiger partial charge in [-0.3, -0.25) is 19.7 Å². The standard InChI is InChI=1S/C12H13NO5.C12H14O3.CH4/c1-17-10-4-3-8(7-9(10)13(15)16)12(5-6-12)11(14)18-2;1-14-10-5-3-9(4-6-10)12(7-8-12)11(13)15-2;/h3-4,7H,5-6H2,1-2H3;3-6H,7-8H2,1-2H3;1H4. The Bertz CT molecular complexity index is 1040. The molecule has 0 aliphatic heterocycles. The van der Waals surface area contributed by atoms with Crippen LogP contribution in [0.15, 0.2) is 42.5 Å². The fourth-order valence-electron chi connectivity index (χ4n) is 3.90. The van der Waals surface area contributed by atoms with Crippen molar-refractivity contribution in [1.82, 2.24) is 0 Å². The Balaban J connectivity index is 0.000000237. The summed E-state index contributed by atoms with van der Waals surface area (Å²) in [5.74, 6) is 0.512. The van der Waals surface area contributed by atoms with Crippen LogP contribution in [0.3, 0.4) is 0 Å². The van der Waals surface area contributed by atoms with Crippen molar-refractivity contribution in [3.63, 3.8) is 0 Å². The van der Waals surface area contributed by atoms with Crippen molar-refractivity contribution in [2.75, 3.05) is 28.4 Å². The number of esters is 2. The van der Waals surface area contributed by atoms with E-state index < -0.39 is 10.3 Å². The third kappa shape index (κ3) is 4.98. The molecule has 0 heterocycles. The van der Waals surface area contributed by atoms with Crippen LogP contribution < -0.4 is 9.47 Å². The summed E-state index contributed by atoms with van der Waals surface area (Å²) >= 11 is 0. The predicted molar refractivity (Wildman–Crippen MR) is 125 cm³/mol. The van der Waals surface area contributed by atoms with Crippen LogP contribution in [0.2, 0.25) is 0 Å². The highest BCUT2D eigenvalue weighted by Gasteiger charge is 2.53. The number of hydrogen-bond donors (Lipinski definition) is 0. The molecule has 34 heavy (non-hydrogen) atoms. The fraction of sp³-hybridized carbons (Fsp3) is 0.440. The van der Waals surface area contributed by atoms with E-state index in [-0.39, 0.29) is 36.2 Å². The first-order valence-corrected chi connectivity index (χ1v) is 10.4. The molecule has 0 saturated heterocycles. The number of benzene rings is 2. The predicted octanol–water partition coefficient (Wildman–Crippen LogP) is 4.34. The molecule has 184 valence electrons. The zero-order valence-electron chi connectivity index (χ0n) is 19.1. The zero-order valence-corrected chi connectivity index (χ0v) is 19.1. The van der Waals surface area contributed by atoms with E-state index in [9.17, 15) is 19.7 Å². The third-order valence-corrected chi connectivity index (χ3v) is 6.22. The molecule has 0 bridgehead atoms. The minimum Gasteiger partial charge on any atom is -0.497 e. The van der Waals surface area contributed by atoms with Crippen molar-refractivity contribution in [3.05, 3.63) is 63.7 Å². The highest BCUT2D eigenvalue weighted by atomic mass is 16.6. The largest absolute Gasteiger partial charge is 0.497 e. The summed E-state index contributed by atoms with van der Waals surface area (Å²) in [6.07, 6.45) is 3.07. The molecule has 2 aromatic carbocycles. The Kier molecular flexibility index (Phi) is 8.26. The molecule has 0 unspecified atom stereocenters. The van der Waals surface area contributed by atoms with Crippen LogP contribution in [0.25, 0.3) is 0 Å². The highest BCUT2D eigenvalue weighted by molar-refractivity contribution is 5.87. The molecule has 2 saturated carbocycles. The van der Waals surface area contributed by atoms with Crippen LogP contribution >= 0.6 is 0 Å². The number of nitrogens with zero attached hydrogens (tertiary/aromatic N) is 1. The second-order valence-electron chi connectivity index (χ2n) is 8.02. The van der Waals surface area contributed by atoms with E-state index >= 15 is 0 Å². The van der Waals surface area contributed by atoms with Gasteiger partial charge in [0.25, 0.3) is 0 Å².